The maximum Gasteiger partial charge on any atom is 0.234 e. The quantitative estimate of drug-likeness (QED) is 0.788. The largest absolute Gasteiger partial charge is 0.337 e. The van der Waals surface area contributed by atoms with Gasteiger partial charge in [-0.1, -0.05) is 48.7 Å². The van der Waals surface area contributed by atoms with Gasteiger partial charge in [0.15, 0.2) is 0 Å². The van der Waals surface area contributed by atoms with Gasteiger partial charge in [0.05, 0.1) is 17.0 Å². The number of hydrogen-bond acceptors (Lipinski definition) is 6. The first-order valence-corrected chi connectivity index (χ1v) is 9.73. The molecular weight excluding hydrogens is 372 g/mol. The second kappa shape index (κ2) is 8.06. The van der Waals surface area contributed by atoms with Gasteiger partial charge in [-0.2, -0.15) is 9.94 Å². The Morgan fingerprint density at radius 1 is 1.42 bits per heavy atom. The van der Waals surface area contributed by atoms with Gasteiger partial charge >= 0.3 is 0 Å². The topological polar surface area (TPSA) is 96.5 Å². The molecule has 26 heavy (non-hydrogen) atoms. The van der Waals surface area contributed by atoms with Crippen molar-refractivity contribution in [3.05, 3.63) is 29.3 Å². The molecular formula is C17H19ClN6OS. The summed E-state index contributed by atoms with van der Waals surface area (Å²) in [6, 6.07) is 9.47. The number of hydrogen-bond donors (Lipinski definition) is 1. The second-order valence-electron chi connectivity index (χ2n) is 6.36. The fourth-order valence-electron chi connectivity index (χ4n) is 2.99. The Balaban J connectivity index is 1.71. The minimum Gasteiger partial charge on any atom is -0.337 e. The number of benzene rings is 1. The molecule has 0 aliphatic heterocycles. The Hall–Kier alpha value is -2.11. The van der Waals surface area contributed by atoms with Crippen LogP contribution in [0.2, 0.25) is 5.02 Å². The molecule has 1 N–H and O–H groups in total. The summed E-state index contributed by atoms with van der Waals surface area (Å²) in [4.78, 5) is 12.6. The third-order valence-electron chi connectivity index (χ3n) is 4.43. The molecule has 136 valence electrons. The van der Waals surface area contributed by atoms with E-state index >= 15 is 0 Å². The van der Waals surface area contributed by atoms with E-state index in [0.29, 0.717) is 23.0 Å². The number of rotatable bonds is 5. The number of halogens is 1. The minimum absolute atomic E-state index is 0.181. The van der Waals surface area contributed by atoms with Crippen LogP contribution in [-0.4, -0.2) is 36.9 Å². The van der Waals surface area contributed by atoms with Crippen molar-refractivity contribution in [3.63, 3.8) is 0 Å². The lowest BCUT2D eigenvalue weighted by molar-refractivity contribution is -0.121. The highest BCUT2D eigenvalue weighted by molar-refractivity contribution is 8.00. The lowest BCUT2D eigenvalue weighted by Crippen LogP contribution is -2.50. The standard InChI is InChI=1S/C17H19ClN6OS/c1-12(15(25)20-17(11-19)8-3-2-4-9-17)26-16-21-22-23-24(16)14-7-5-6-13(18)10-14/h5-7,10,12H,2-4,8-9H2,1H3,(H,20,25)/t12-/m1/s1. The van der Waals surface area contributed by atoms with Crippen molar-refractivity contribution >= 4 is 29.3 Å². The molecule has 0 unspecified atom stereocenters. The van der Waals surface area contributed by atoms with Crippen LogP contribution >= 0.6 is 23.4 Å². The lowest BCUT2D eigenvalue weighted by Gasteiger charge is -2.32. The van der Waals surface area contributed by atoms with E-state index in [9.17, 15) is 10.1 Å². The lowest BCUT2D eigenvalue weighted by atomic mass is 9.83. The Kier molecular flexibility index (Phi) is 5.79. The van der Waals surface area contributed by atoms with E-state index in [4.69, 9.17) is 11.6 Å². The van der Waals surface area contributed by atoms with E-state index in [2.05, 4.69) is 26.9 Å². The highest BCUT2D eigenvalue weighted by Gasteiger charge is 2.35. The van der Waals surface area contributed by atoms with E-state index in [1.54, 1.807) is 23.7 Å². The summed E-state index contributed by atoms with van der Waals surface area (Å²) in [7, 11) is 0. The molecule has 0 bridgehead atoms. The molecule has 9 heteroatoms. The SMILES string of the molecule is C[C@@H](Sc1nnnn1-c1cccc(Cl)c1)C(=O)NC1(C#N)CCCCC1. The summed E-state index contributed by atoms with van der Waals surface area (Å²) in [5.74, 6) is -0.181. The number of tetrazole rings is 1. The summed E-state index contributed by atoms with van der Waals surface area (Å²) >= 11 is 7.27. The number of thioether (sulfide) groups is 1. The Morgan fingerprint density at radius 3 is 2.88 bits per heavy atom. The molecule has 7 nitrogen and oxygen atoms in total. The Morgan fingerprint density at radius 2 is 2.19 bits per heavy atom. The molecule has 1 saturated carbocycles. The molecule has 1 aromatic carbocycles. The molecule has 1 aliphatic carbocycles. The third-order valence-corrected chi connectivity index (χ3v) is 5.70. The maximum absolute atomic E-state index is 12.6. The van der Waals surface area contributed by atoms with Crippen LogP contribution in [0.4, 0.5) is 0 Å². The number of nitrogens with one attached hydrogen (secondary N) is 1. The first kappa shape index (κ1) is 18.7. The van der Waals surface area contributed by atoms with E-state index in [1.807, 2.05) is 12.1 Å². The minimum atomic E-state index is -0.747. The molecule has 2 aromatic rings. The van der Waals surface area contributed by atoms with Gasteiger partial charge in [0.2, 0.25) is 11.1 Å². The van der Waals surface area contributed by atoms with E-state index in [-0.39, 0.29) is 5.91 Å². The van der Waals surface area contributed by atoms with Crippen molar-refractivity contribution in [1.29, 1.82) is 5.26 Å². The normalized spacial score (nSPS) is 17.3. The van der Waals surface area contributed by atoms with E-state index in [1.165, 1.54) is 11.8 Å². The van der Waals surface area contributed by atoms with Crippen LogP contribution in [0.15, 0.2) is 29.4 Å². The number of carbonyl (C=O) groups excluding carboxylic acids is 1. The van der Waals surface area contributed by atoms with Crippen LogP contribution in [0.25, 0.3) is 5.69 Å². The average molecular weight is 391 g/mol. The van der Waals surface area contributed by atoms with Gasteiger partial charge in [-0.3, -0.25) is 4.79 Å². The average Bonchev–Trinajstić information content (AvgIpc) is 3.10. The first-order chi connectivity index (χ1) is 12.5. The van der Waals surface area contributed by atoms with Crippen LogP contribution in [0.5, 0.6) is 0 Å². The summed E-state index contributed by atoms with van der Waals surface area (Å²) in [5.41, 5.74) is -0.0263. The molecule has 1 heterocycles. The van der Waals surface area contributed by atoms with Crippen molar-refractivity contribution in [2.45, 2.75) is 55.0 Å². The zero-order valence-corrected chi connectivity index (χ0v) is 15.9. The van der Waals surface area contributed by atoms with Gasteiger partial charge in [0.1, 0.15) is 5.54 Å². The zero-order valence-electron chi connectivity index (χ0n) is 14.4. The number of carbonyl (C=O) groups is 1. The molecule has 0 spiro atoms. The van der Waals surface area contributed by atoms with Gasteiger partial charge in [0.25, 0.3) is 0 Å². The molecule has 0 radical (unpaired) electrons. The van der Waals surface area contributed by atoms with Crippen molar-refractivity contribution in [2.75, 3.05) is 0 Å². The number of nitrogens with zero attached hydrogens (tertiary/aromatic N) is 5. The molecule has 3 rings (SSSR count). The highest BCUT2D eigenvalue weighted by Crippen LogP contribution is 2.29. The smallest absolute Gasteiger partial charge is 0.234 e. The summed E-state index contributed by atoms with van der Waals surface area (Å²) in [6.45, 7) is 1.78. The summed E-state index contributed by atoms with van der Waals surface area (Å²) < 4.78 is 1.54. The number of aromatic nitrogens is 4. The fraction of sp³-hybridized carbons (Fsp3) is 0.471. The predicted octanol–water partition coefficient (Wildman–Crippen LogP) is 3.14. The van der Waals surface area contributed by atoms with Gasteiger partial charge in [-0.15, -0.1) is 5.10 Å². The summed E-state index contributed by atoms with van der Waals surface area (Å²) in [5, 5.41) is 24.8. The van der Waals surface area contributed by atoms with Crippen LogP contribution in [-0.2, 0) is 4.79 Å². The van der Waals surface area contributed by atoms with Crippen LogP contribution in [0.1, 0.15) is 39.0 Å². The predicted molar refractivity (Wildman–Crippen MR) is 99.1 cm³/mol. The molecule has 1 atom stereocenters. The Labute approximate surface area is 161 Å². The summed E-state index contributed by atoms with van der Waals surface area (Å²) in [6.07, 6.45) is 4.43. The monoisotopic (exact) mass is 390 g/mol. The number of nitriles is 1. The Bertz CT molecular complexity index is 827. The van der Waals surface area contributed by atoms with E-state index < -0.39 is 10.8 Å². The van der Waals surface area contributed by atoms with Crippen molar-refractivity contribution in [3.8, 4) is 11.8 Å². The molecule has 0 saturated heterocycles. The molecule has 1 aromatic heterocycles. The molecule has 1 aliphatic rings. The molecule has 1 amide bonds. The van der Waals surface area contributed by atoms with Crippen LogP contribution < -0.4 is 5.32 Å². The van der Waals surface area contributed by atoms with Crippen molar-refractivity contribution < 1.29 is 4.79 Å². The maximum atomic E-state index is 12.6. The zero-order chi connectivity index (χ0) is 18.6. The van der Waals surface area contributed by atoms with Gasteiger partial charge < -0.3 is 5.32 Å². The number of amides is 1. The molecule has 1 fully saturated rings. The van der Waals surface area contributed by atoms with Crippen LogP contribution in [0, 0.1) is 11.3 Å². The second-order valence-corrected chi connectivity index (χ2v) is 8.10. The van der Waals surface area contributed by atoms with E-state index in [0.717, 1.165) is 24.9 Å². The van der Waals surface area contributed by atoms with Crippen molar-refractivity contribution in [2.24, 2.45) is 0 Å². The van der Waals surface area contributed by atoms with Gasteiger partial charge in [-0.05, 0) is 48.4 Å². The van der Waals surface area contributed by atoms with Gasteiger partial charge in [0, 0.05) is 5.02 Å². The van der Waals surface area contributed by atoms with Crippen molar-refractivity contribution in [1.82, 2.24) is 25.5 Å². The first-order valence-electron chi connectivity index (χ1n) is 8.47. The fourth-order valence-corrected chi connectivity index (χ4v) is 3.98. The third kappa shape index (κ3) is 4.17. The van der Waals surface area contributed by atoms with Crippen LogP contribution in [0.3, 0.4) is 0 Å². The van der Waals surface area contributed by atoms with Gasteiger partial charge in [-0.25, -0.2) is 0 Å². The highest BCUT2D eigenvalue weighted by atomic mass is 35.5.